The molecule has 0 unspecified atom stereocenters. The Morgan fingerprint density at radius 3 is 2.38 bits per heavy atom. The van der Waals surface area contributed by atoms with Crippen molar-refractivity contribution < 1.29 is 4.39 Å². The third kappa shape index (κ3) is 1.91. The van der Waals surface area contributed by atoms with E-state index in [0.717, 1.165) is 0 Å². The molecule has 0 atom stereocenters. The number of pyridine rings is 1. The van der Waals surface area contributed by atoms with Crippen molar-refractivity contribution in [2.75, 3.05) is 0 Å². The first-order valence-corrected chi connectivity index (χ1v) is 5.42. The monoisotopic (exact) mass is 255 g/mol. The highest BCUT2D eigenvalue weighted by atomic mass is 35.5. The van der Waals surface area contributed by atoms with E-state index < -0.39 is 5.82 Å². The van der Waals surface area contributed by atoms with Gasteiger partial charge in [0.15, 0.2) is 5.82 Å². The molecule has 0 aliphatic rings. The maximum absolute atomic E-state index is 13.9. The second-order valence-corrected chi connectivity index (χ2v) is 4.20. The van der Waals surface area contributed by atoms with Crippen molar-refractivity contribution in [2.24, 2.45) is 0 Å². The van der Waals surface area contributed by atoms with E-state index in [-0.39, 0.29) is 5.69 Å². The van der Waals surface area contributed by atoms with Gasteiger partial charge in [-0.2, -0.15) is 0 Å². The van der Waals surface area contributed by atoms with Crippen molar-refractivity contribution >= 4 is 23.2 Å². The van der Waals surface area contributed by atoms with Gasteiger partial charge in [0, 0.05) is 11.8 Å². The van der Waals surface area contributed by atoms with E-state index in [1.54, 1.807) is 31.2 Å². The van der Waals surface area contributed by atoms with Crippen LogP contribution in [0.5, 0.6) is 0 Å². The molecule has 0 spiro atoms. The van der Waals surface area contributed by atoms with Crippen molar-refractivity contribution in [3.8, 4) is 11.3 Å². The first-order valence-electron chi connectivity index (χ1n) is 4.66. The summed E-state index contributed by atoms with van der Waals surface area (Å²) >= 11 is 12.0. The number of rotatable bonds is 1. The predicted molar refractivity (Wildman–Crippen MR) is 64.4 cm³/mol. The van der Waals surface area contributed by atoms with Gasteiger partial charge in [0.1, 0.15) is 5.69 Å². The summed E-state index contributed by atoms with van der Waals surface area (Å²) < 4.78 is 13.9. The van der Waals surface area contributed by atoms with Crippen LogP contribution < -0.4 is 0 Å². The van der Waals surface area contributed by atoms with Gasteiger partial charge in [-0.3, -0.25) is 4.98 Å². The largest absolute Gasteiger partial charge is 0.253 e. The van der Waals surface area contributed by atoms with Crippen LogP contribution in [0.25, 0.3) is 11.3 Å². The zero-order valence-electron chi connectivity index (χ0n) is 8.47. The Balaban J connectivity index is 2.73. The van der Waals surface area contributed by atoms with Crippen LogP contribution in [0.15, 0.2) is 30.5 Å². The molecule has 2 rings (SSSR count). The Morgan fingerprint density at radius 1 is 1.12 bits per heavy atom. The van der Waals surface area contributed by atoms with Crippen molar-refractivity contribution in [1.82, 2.24) is 4.98 Å². The molecule has 0 aliphatic heterocycles. The molecule has 1 aromatic carbocycles. The lowest BCUT2D eigenvalue weighted by molar-refractivity contribution is 0.616. The predicted octanol–water partition coefficient (Wildman–Crippen LogP) is 4.50. The van der Waals surface area contributed by atoms with Crippen molar-refractivity contribution in [2.45, 2.75) is 6.92 Å². The van der Waals surface area contributed by atoms with Crippen LogP contribution in [-0.4, -0.2) is 4.98 Å². The summed E-state index contributed by atoms with van der Waals surface area (Å²) in [4.78, 5) is 3.99. The average molecular weight is 256 g/mol. The summed E-state index contributed by atoms with van der Waals surface area (Å²) in [6.45, 7) is 1.67. The maximum atomic E-state index is 13.9. The Hall–Kier alpha value is -1.12. The van der Waals surface area contributed by atoms with Gasteiger partial charge >= 0.3 is 0 Å². The van der Waals surface area contributed by atoms with Crippen LogP contribution in [0.2, 0.25) is 10.0 Å². The van der Waals surface area contributed by atoms with E-state index in [9.17, 15) is 4.39 Å². The Kier molecular flexibility index (Phi) is 3.13. The molecule has 0 N–H and O–H groups in total. The molecule has 0 saturated carbocycles. The Morgan fingerprint density at radius 2 is 1.75 bits per heavy atom. The molecule has 0 fully saturated rings. The third-order valence-electron chi connectivity index (χ3n) is 2.28. The SMILES string of the molecule is Cc1ccnc(-c2c(Cl)cccc2Cl)c1F. The molecule has 82 valence electrons. The molecule has 1 aromatic heterocycles. The molecular weight excluding hydrogens is 248 g/mol. The first kappa shape index (κ1) is 11.4. The van der Waals surface area contributed by atoms with Gasteiger partial charge in [-0.25, -0.2) is 4.39 Å². The standard InChI is InChI=1S/C12H8Cl2FN/c1-7-5-6-16-12(11(7)15)10-8(13)3-2-4-9(10)14/h2-6H,1H3. The molecule has 1 heterocycles. The van der Waals surface area contributed by atoms with E-state index in [1.807, 2.05) is 0 Å². The summed E-state index contributed by atoms with van der Waals surface area (Å²) in [6.07, 6.45) is 1.54. The Bertz CT molecular complexity index is 520. The summed E-state index contributed by atoms with van der Waals surface area (Å²) in [5.74, 6) is -0.391. The van der Waals surface area contributed by atoms with Gasteiger partial charge in [0.25, 0.3) is 0 Å². The fraction of sp³-hybridized carbons (Fsp3) is 0.0833. The highest BCUT2D eigenvalue weighted by Crippen LogP contribution is 2.35. The minimum atomic E-state index is -0.391. The summed E-state index contributed by atoms with van der Waals surface area (Å²) in [7, 11) is 0. The van der Waals surface area contributed by atoms with E-state index in [0.29, 0.717) is 21.2 Å². The van der Waals surface area contributed by atoms with Crippen LogP contribution >= 0.6 is 23.2 Å². The Labute approximate surface area is 103 Å². The number of hydrogen-bond donors (Lipinski definition) is 0. The first-order chi connectivity index (χ1) is 7.61. The normalized spacial score (nSPS) is 10.5. The molecule has 0 saturated heterocycles. The van der Waals surface area contributed by atoms with Crippen molar-refractivity contribution in [1.29, 1.82) is 0 Å². The van der Waals surface area contributed by atoms with Crippen LogP contribution in [0.3, 0.4) is 0 Å². The van der Waals surface area contributed by atoms with Gasteiger partial charge in [-0.1, -0.05) is 29.3 Å². The zero-order valence-corrected chi connectivity index (χ0v) is 9.98. The van der Waals surface area contributed by atoms with Crippen LogP contribution in [0, 0.1) is 12.7 Å². The second kappa shape index (κ2) is 4.40. The van der Waals surface area contributed by atoms with Gasteiger partial charge in [0.2, 0.25) is 0 Å². The molecule has 0 bridgehead atoms. The van der Waals surface area contributed by atoms with Gasteiger partial charge in [-0.15, -0.1) is 0 Å². The molecule has 1 nitrogen and oxygen atoms in total. The molecule has 0 amide bonds. The molecule has 0 aliphatic carbocycles. The van der Waals surface area contributed by atoms with E-state index >= 15 is 0 Å². The molecule has 16 heavy (non-hydrogen) atoms. The van der Waals surface area contributed by atoms with Gasteiger partial charge < -0.3 is 0 Å². The number of halogens is 3. The second-order valence-electron chi connectivity index (χ2n) is 3.39. The fourth-order valence-electron chi connectivity index (χ4n) is 1.44. The number of nitrogens with zero attached hydrogens (tertiary/aromatic N) is 1. The number of aromatic nitrogens is 1. The maximum Gasteiger partial charge on any atom is 0.152 e. The smallest absolute Gasteiger partial charge is 0.152 e. The van der Waals surface area contributed by atoms with Crippen molar-refractivity contribution in [3.05, 3.63) is 51.9 Å². The lowest BCUT2D eigenvalue weighted by Gasteiger charge is -2.08. The van der Waals surface area contributed by atoms with E-state index in [1.165, 1.54) is 6.20 Å². The number of hydrogen-bond acceptors (Lipinski definition) is 1. The van der Waals surface area contributed by atoms with E-state index in [2.05, 4.69) is 4.98 Å². The van der Waals surface area contributed by atoms with Crippen LogP contribution in [0.1, 0.15) is 5.56 Å². The fourth-order valence-corrected chi connectivity index (χ4v) is 2.01. The minimum absolute atomic E-state index is 0.190. The summed E-state index contributed by atoms with van der Waals surface area (Å²) in [6, 6.07) is 6.63. The lowest BCUT2D eigenvalue weighted by atomic mass is 10.1. The average Bonchev–Trinajstić information content (AvgIpc) is 2.24. The van der Waals surface area contributed by atoms with Crippen LogP contribution in [0.4, 0.5) is 4.39 Å². The third-order valence-corrected chi connectivity index (χ3v) is 2.91. The molecule has 4 heteroatoms. The quantitative estimate of drug-likeness (QED) is 0.731. The zero-order chi connectivity index (χ0) is 11.7. The van der Waals surface area contributed by atoms with E-state index in [4.69, 9.17) is 23.2 Å². The molecule has 0 radical (unpaired) electrons. The number of aryl methyl sites for hydroxylation is 1. The lowest BCUT2D eigenvalue weighted by Crippen LogP contribution is -1.93. The van der Waals surface area contributed by atoms with Gasteiger partial charge in [-0.05, 0) is 30.7 Å². The highest BCUT2D eigenvalue weighted by molar-refractivity contribution is 6.39. The molecular formula is C12H8Cl2FN. The number of benzene rings is 1. The highest BCUT2D eigenvalue weighted by Gasteiger charge is 2.15. The topological polar surface area (TPSA) is 12.9 Å². The van der Waals surface area contributed by atoms with Crippen molar-refractivity contribution in [3.63, 3.8) is 0 Å². The summed E-state index contributed by atoms with van der Waals surface area (Å²) in [5.41, 5.74) is 1.14. The van der Waals surface area contributed by atoms with Crippen LogP contribution in [-0.2, 0) is 0 Å². The summed E-state index contributed by atoms with van der Waals surface area (Å²) in [5, 5.41) is 0.786. The molecule has 2 aromatic rings. The van der Waals surface area contributed by atoms with Gasteiger partial charge in [0.05, 0.1) is 10.0 Å². The minimum Gasteiger partial charge on any atom is -0.253 e.